The van der Waals surface area contributed by atoms with Crippen molar-refractivity contribution >= 4 is 16.9 Å². The first-order chi connectivity index (χ1) is 14.1. The number of phenols is 1. The minimum atomic E-state index is -1.05. The number of hydrogen-bond donors (Lipinski definition) is 2. The van der Waals surface area contributed by atoms with Gasteiger partial charge >= 0.3 is 6.09 Å². The first-order valence-corrected chi connectivity index (χ1v) is 10.6. The molecule has 1 fully saturated rings. The van der Waals surface area contributed by atoms with E-state index in [2.05, 4.69) is 6.92 Å². The van der Waals surface area contributed by atoms with Crippen molar-refractivity contribution in [2.45, 2.75) is 72.0 Å². The number of ether oxygens (including phenoxy) is 1. The zero-order valence-electron chi connectivity index (χ0n) is 18.3. The zero-order valence-corrected chi connectivity index (χ0v) is 18.3. The number of amides is 1. The van der Waals surface area contributed by atoms with E-state index in [4.69, 9.17) is 4.74 Å². The highest BCUT2D eigenvalue weighted by Crippen LogP contribution is 2.36. The van der Waals surface area contributed by atoms with Crippen LogP contribution in [0.1, 0.15) is 59.1 Å². The fourth-order valence-electron chi connectivity index (χ4n) is 3.58. The molecule has 1 aromatic carbocycles. The summed E-state index contributed by atoms with van der Waals surface area (Å²) in [5.41, 5.74) is -0.270. The number of aromatic nitrogens is 1. The van der Waals surface area contributed by atoms with Crippen molar-refractivity contribution in [1.29, 1.82) is 0 Å². The number of aromatic hydroxyl groups is 1. The van der Waals surface area contributed by atoms with E-state index in [0.29, 0.717) is 41.3 Å². The lowest BCUT2D eigenvalue weighted by atomic mass is 10.0. The number of carboxylic acid groups (broad SMARTS) is 1. The summed E-state index contributed by atoms with van der Waals surface area (Å²) in [6.07, 6.45) is 2.86. The number of nitrogens with zero attached hydrogens (tertiary/aromatic N) is 2. The molecule has 1 aliphatic rings. The smallest absolute Gasteiger partial charge is 0.408 e. The largest absolute Gasteiger partial charge is 0.508 e. The summed E-state index contributed by atoms with van der Waals surface area (Å²) in [4.78, 5) is 26.7. The molecule has 0 saturated heterocycles. The van der Waals surface area contributed by atoms with Gasteiger partial charge in [-0.2, -0.15) is 0 Å². The lowest BCUT2D eigenvalue weighted by Crippen LogP contribution is -2.45. The molecule has 3 rings (SSSR count). The van der Waals surface area contributed by atoms with Crippen LogP contribution in [0, 0.1) is 5.92 Å². The van der Waals surface area contributed by atoms with E-state index in [1.165, 1.54) is 17.0 Å². The maximum absolute atomic E-state index is 13.4. The molecule has 164 valence electrons. The van der Waals surface area contributed by atoms with Crippen molar-refractivity contribution in [1.82, 2.24) is 9.47 Å². The molecule has 1 amide bonds. The number of phenolic OH excluding ortho intramolecular Hbond substituents is 1. The number of carbonyl (C=O) groups is 1. The Hall–Kier alpha value is -2.70. The maximum Gasteiger partial charge on any atom is 0.408 e. The van der Waals surface area contributed by atoms with Gasteiger partial charge in [0, 0.05) is 17.5 Å². The fourth-order valence-corrected chi connectivity index (χ4v) is 3.58. The molecule has 1 saturated carbocycles. The minimum Gasteiger partial charge on any atom is -0.508 e. The predicted molar refractivity (Wildman–Crippen MR) is 116 cm³/mol. The van der Waals surface area contributed by atoms with Crippen molar-refractivity contribution in [3.05, 3.63) is 34.2 Å². The van der Waals surface area contributed by atoms with Crippen LogP contribution in [0.25, 0.3) is 10.8 Å². The van der Waals surface area contributed by atoms with Gasteiger partial charge in [0.25, 0.3) is 5.56 Å². The van der Waals surface area contributed by atoms with Crippen LogP contribution in [-0.2, 0) is 13.1 Å². The van der Waals surface area contributed by atoms with Crippen molar-refractivity contribution in [2.24, 2.45) is 5.92 Å². The van der Waals surface area contributed by atoms with E-state index in [-0.39, 0.29) is 17.9 Å². The van der Waals surface area contributed by atoms with Gasteiger partial charge in [0.05, 0.1) is 24.2 Å². The third-order valence-electron chi connectivity index (χ3n) is 5.54. The molecule has 2 aromatic rings. The van der Waals surface area contributed by atoms with Crippen molar-refractivity contribution in [3.63, 3.8) is 0 Å². The van der Waals surface area contributed by atoms with Gasteiger partial charge in [-0.05, 0) is 64.2 Å². The van der Waals surface area contributed by atoms with Crippen LogP contribution in [-0.4, -0.2) is 37.9 Å². The molecular formula is C23H32N2O5. The highest BCUT2D eigenvalue weighted by atomic mass is 16.5. The molecule has 1 heterocycles. The normalized spacial score (nSPS) is 14.1. The van der Waals surface area contributed by atoms with Crippen molar-refractivity contribution in [2.75, 3.05) is 6.61 Å². The first-order valence-electron chi connectivity index (χ1n) is 10.6. The highest BCUT2D eigenvalue weighted by molar-refractivity contribution is 5.89. The van der Waals surface area contributed by atoms with Crippen LogP contribution in [0.5, 0.6) is 11.5 Å². The Morgan fingerprint density at radius 1 is 1.27 bits per heavy atom. The molecule has 1 aromatic heterocycles. The second-order valence-electron chi connectivity index (χ2n) is 9.11. The maximum atomic E-state index is 13.4. The van der Waals surface area contributed by atoms with Gasteiger partial charge in [0.1, 0.15) is 11.5 Å². The van der Waals surface area contributed by atoms with Gasteiger partial charge in [-0.15, -0.1) is 0 Å². The molecular weight excluding hydrogens is 384 g/mol. The van der Waals surface area contributed by atoms with Crippen LogP contribution in [0.4, 0.5) is 4.79 Å². The Labute approximate surface area is 176 Å². The zero-order chi connectivity index (χ0) is 22.1. The summed E-state index contributed by atoms with van der Waals surface area (Å²) >= 11 is 0. The first kappa shape index (κ1) is 22.0. The van der Waals surface area contributed by atoms with E-state index in [1.54, 1.807) is 10.6 Å². The van der Waals surface area contributed by atoms with E-state index < -0.39 is 11.6 Å². The Kier molecular flexibility index (Phi) is 6.29. The summed E-state index contributed by atoms with van der Waals surface area (Å²) in [6.45, 7) is 8.59. The van der Waals surface area contributed by atoms with Gasteiger partial charge in [-0.3, -0.25) is 9.69 Å². The van der Waals surface area contributed by atoms with E-state index in [9.17, 15) is 19.8 Å². The molecule has 2 N–H and O–H groups in total. The quantitative estimate of drug-likeness (QED) is 0.615. The number of hydrogen-bond acceptors (Lipinski definition) is 4. The average molecular weight is 417 g/mol. The lowest BCUT2D eigenvalue weighted by Gasteiger charge is -2.34. The summed E-state index contributed by atoms with van der Waals surface area (Å²) < 4.78 is 7.84. The van der Waals surface area contributed by atoms with Crippen LogP contribution in [0.3, 0.4) is 0 Å². The number of pyridine rings is 1. The number of fused-ring (bicyclic) bond motifs is 1. The second kappa shape index (κ2) is 8.58. The molecule has 1 aliphatic carbocycles. The molecule has 0 unspecified atom stereocenters. The third-order valence-corrected chi connectivity index (χ3v) is 5.54. The minimum absolute atomic E-state index is 0.0356. The summed E-state index contributed by atoms with van der Waals surface area (Å²) in [6, 6.07) is 4.65. The molecule has 0 spiro atoms. The topological polar surface area (TPSA) is 92.0 Å². The SMILES string of the molecule is CCCCOc1c(CN(C(=O)O)C(C)(C)C)n(CC2CC2)c(=O)c2ccc(O)cc12. The molecule has 0 atom stereocenters. The number of benzene rings is 1. The Bertz CT molecular complexity index is 986. The van der Waals surface area contributed by atoms with Crippen molar-refractivity contribution < 1.29 is 19.7 Å². The molecule has 7 nitrogen and oxygen atoms in total. The fraction of sp³-hybridized carbons (Fsp3) is 0.565. The Morgan fingerprint density at radius 2 is 1.97 bits per heavy atom. The van der Waals surface area contributed by atoms with Crippen LogP contribution < -0.4 is 10.3 Å². The second-order valence-corrected chi connectivity index (χ2v) is 9.11. The number of rotatable bonds is 8. The molecule has 30 heavy (non-hydrogen) atoms. The van der Waals surface area contributed by atoms with Crippen LogP contribution >= 0.6 is 0 Å². The summed E-state index contributed by atoms with van der Waals surface area (Å²) in [5.74, 6) is 0.955. The van der Waals surface area contributed by atoms with Crippen LogP contribution in [0.2, 0.25) is 0 Å². The van der Waals surface area contributed by atoms with Crippen molar-refractivity contribution in [3.8, 4) is 11.5 Å². The van der Waals surface area contributed by atoms with E-state index in [0.717, 1.165) is 25.7 Å². The third kappa shape index (κ3) is 4.71. The highest BCUT2D eigenvalue weighted by Gasteiger charge is 2.31. The van der Waals surface area contributed by atoms with Gasteiger partial charge in [-0.1, -0.05) is 13.3 Å². The molecule has 0 aliphatic heterocycles. The molecule has 7 heteroatoms. The standard InChI is InChI=1S/C23H32N2O5/c1-5-6-11-30-20-18-12-16(26)9-10-17(18)21(27)24(13-15-7-8-15)19(20)14-25(22(28)29)23(2,3)4/h9-10,12,15,26H,5-8,11,13-14H2,1-4H3,(H,28,29). The summed E-state index contributed by atoms with van der Waals surface area (Å²) in [7, 11) is 0. The van der Waals surface area contributed by atoms with Crippen LogP contribution in [0.15, 0.2) is 23.0 Å². The number of unbranched alkanes of at least 4 members (excludes halogenated alkanes) is 1. The van der Waals surface area contributed by atoms with Gasteiger partial charge in [0.2, 0.25) is 0 Å². The van der Waals surface area contributed by atoms with Gasteiger partial charge in [0.15, 0.2) is 0 Å². The van der Waals surface area contributed by atoms with E-state index >= 15 is 0 Å². The van der Waals surface area contributed by atoms with Gasteiger partial charge < -0.3 is 19.5 Å². The summed E-state index contributed by atoms with van der Waals surface area (Å²) in [5, 5.41) is 20.9. The van der Waals surface area contributed by atoms with E-state index in [1.807, 2.05) is 20.8 Å². The predicted octanol–water partition coefficient (Wildman–Crippen LogP) is 4.57. The Balaban J connectivity index is 2.24. The monoisotopic (exact) mass is 416 g/mol. The van der Waals surface area contributed by atoms with Gasteiger partial charge in [-0.25, -0.2) is 4.79 Å². The molecule has 0 bridgehead atoms. The lowest BCUT2D eigenvalue weighted by molar-refractivity contribution is 0.0928. The average Bonchev–Trinajstić information content (AvgIpc) is 3.47. The molecule has 0 radical (unpaired) electrons. The Morgan fingerprint density at radius 3 is 2.53 bits per heavy atom.